The van der Waals surface area contributed by atoms with E-state index in [2.05, 4.69) is 15.7 Å². The Kier molecular flexibility index (Phi) is 4.96. The Morgan fingerprint density at radius 3 is 2.94 bits per heavy atom. The lowest BCUT2D eigenvalue weighted by molar-refractivity contribution is -0.119. The van der Waals surface area contributed by atoms with E-state index in [0.717, 1.165) is 11.1 Å². The lowest BCUT2D eigenvalue weighted by Crippen LogP contribution is -2.31. The lowest BCUT2D eigenvalue weighted by atomic mass is 10.4. The number of hydrogen-bond acceptors (Lipinski definition) is 4. The molecule has 0 fully saturated rings. The Balaban J connectivity index is 2.61. The van der Waals surface area contributed by atoms with Crippen molar-refractivity contribution in [2.24, 2.45) is 7.05 Å². The largest absolute Gasteiger partial charge is 0.373 e. The van der Waals surface area contributed by atoms with Gasteiger partial charge in [-0.1, -0.05) is 18.5 Å². The van der Waals surface area contributed by atoms with Gasteiger partial charge in [0.05, 0.1) is 18.4 Å². The molecule has 0 saturated carbocycles. The van der Waals surface area contributed by atoms with Crippen molar-refractivity contribution in [3.05, 3.63) is 21.6 Å². The predicted molar refractivity (Wildman–Crippen MR) is 66.3 cm³/mol. The van der Waals surface area contributed by atoms with Gasteiger partial charge in [0.2, 0.25) is 5.91 Å². The van der Waals surface area contributed by atoms with E-state index in [1.807, 2.05) is 6.92 Å². The number of hydrogen-bond donors (Lipinski definition) is 2. The minimum Gasteiger partial charge on any atom is -0.373 e. The van der Waals surface area contributed by atoms with Crippen molar-refractivity contribution in [3.63, 3.8) is 0 Å². The van der Waals surface area contributed by atoms with E-state index < -0.39 is 5.56 Å². The lowest BCUT2D eigenvalue weighted by Gasteiger charge is -2.08. The number of aryl methyl sites for hydroxylation is 1. The third-order valence-corrected chi connectivity index (χ3v) is 2.46. The maximum Gasteiger partial charge on any atom is 0.287 e. The molecule has 1 amide bonds. The maximum absolute atomic E-state index is 11.4. The standard InChI is InChI=1S/C10H15ClN4O2/c1-3-4-12-8(16)6-13-7-5-14-15(2)10(17)9(7)11/h5,13H,3-4,6H2,1-2H3,(H,12,16). The number of nitrogens with one attached hydrogen (secondary N) is 2. The van der Waals surface area contributed by atoms with Gasteiger partial charge in [0, 0.05) is 13.6 Å². The maximum atomic E-state index is 11.4. The molecule has 2 N–H and O–H groups in total. The number of aromatic nitrogens is 2. The van der Waals surface area contributed by atoms with Crippen LogP contribution in [-0.4, -0.2) is 28.8 Å². The fourth-order valence-corrected chi connectivity index (χ4v) is 1.37. The van der Waals surface area contributed by atoms with Crippen molar-refractivity contribution in [3.8, 4) is 0 Å². The Hall–Kier alpha value is -1.56. The summed E-state index contributed by atoms with van der Waals surface area (Å²) in [6, 6.07) is 0. The highest BCUT2D eigenvalue weighted by molar-refractivity contribution is 6.33. The predicted octanol–water partition coefficient (Wildman–Crippen LogP) is 0.372. The summed E-state index contributed by atoms with van der Waals surface area (Å²) < 4.78 is 1.13. The normalized spacial score (nSPS) is 10.1. The number of amides is 1. The van der Waals surface area contributed by atoms with Gasteiger partial charge < -0.3 is 10.6 Å². The van der Waals surface area contributed by atoms with Crippen molar-refractivity contribution >= 4 is 23.2 Å². The van der Waals surface area contributed by atoms with E-state index in [-0.39, 0.29) is 17.5 Å². The van der Waals surface area contributed by atoms with Crippen LogP contribution in [-0.2, 0) is 11.8 Å². The van der Waals surface area contributed by atoms with Gasteiger partial charge in [-0.25, -0.2) is 4.68 Å². The van der Waals surface area contributed by atoms with Crippen molar-refractivity contribution in [2.75, 3.05) is 18.4 Å². The first-order chi connectivity index (χ1) is 8.06. The molecule has 0 unspecified atom stereocenters. The number of carbonyl (C=O) groups is 1. The minimum absolute atomic E-state index is 0.0331. The molecule has 0 aliphatic carbocycles. The Morgan fingerprint density at radius 1 is 1.59 bits per heavy atom. The third kappa shape index (κ3) is 3.74. The summed E-state index contributed by atoms with van der Waals surface area (Å²) >= 11 is 5.82. The molecule has 94 valence electrons. The Bertz CT molecular complexity index is 458. The van der Waals surface area contributed by atoms with Crippen LogP contribution in [0.4, 0.5) is 5.69 Å². The number of anilines is 1. The molecule has 0 saturated heterocycles. The highest BCUT2D eigenvalue weighted by Gasteiger charge is 2.08. The molecule has 7 heteroatoms. The summed E-state index contributed by atoms with van der Waals surface area (Å²) in [6.07, 6.45) is 2.29. The molecule has 1 rings (SSSR count). The first-order valence-corrected chi connectivity index (χ1v) is 5.66. The van der Waals surface area contributed by atoms with Crippen LogP contribution in [0, 0.1) is 0 Å². The summed E-state index contributed by atoms with van der Waals surface area (Å²) in [5, 5.41) is 9.31. The monoisotopic (exact) mass is 258 g/mol. The van der Waals surface area contributed by atoms with Crippen molar-refractivity contribution < 1.29 is 4.79 Å². The van der Waals surface area contributed by atoms with Crippen LogP contribution in [0.15, 0.2) is 11.0 Å². The average molecular weight is 259 g/mol. The van der Waals surface area contributed by atoms with Crippen molar-refractivity contribution in [1.82, 2.24) is 15.1 Å². The van der Waals surface area contributed by atoms with E-state index in [9.17, 15) is 9.59 Å². The Morgan fingerprint density at radius 2 is 2.29 bits per heavy atom. The van der Waals surface area contributed by atoms with Gasteiger partial charge in [0.1, 0.15) is 5.02 Å². The molecule has 0 spiro atoms. The summed E-state index contributed by atoms with van der Waals surface area (Å²) in [5.41, 5.74) is -0.0351. The number of carbonyl (C=O) groups excluding carboxylic acids is 1. The summed E-state index contributed by atoms with van der Waals surface area (Å²) in [6.45, 7) is 2.66. The molecular formula is C10H15ClN4O2. The van der Waals surface area contributed by atoms with Gasteiger partial charge in [-0.05, 0) is 6.42 Å². The number of rotatable bonds is 5. The molecule has 1 aromatic rings. The minimum atomic E-state index is -0.398. The first kappa shape index (κ1) is 13.5. The third-order valence-electron chi connectivity index (χ3n) is 2.09. The zero-order chi connectivity index (χ0) is 12.8. The van der Waals surface area contributed by atoms with E-state index in [4.69, 9.17) is 11.6 Å². The van der Waals surface area contributed by atoms with E-state index >= 15 is 0 Å². The van der Waals surface area contributed by atoms with Gasteiger partial charge in [0.25, 0.3) is 5.56 Å². The van der Waals surface area contributed by atoms with Gasteiger partial charge in [0.15, 0.2) is 0 Å². The van der Waals surface area contributed by atoms with Crippen LogP contribution in [0.2, 0.25) is 5.02 Å². The van der Waals surface area contributed by atoms with Crippen LogP contribution in [0.5, 0.6) is 0 Å². The smallest absolute Gasteiger partial charge is 0.287 e. The first-order valence-electron chi connectivity index (χ1n) is 5.28. The van der Waals surface area contributed by atoms with Crippen molar-refractivity contribution in [2.45, 2.75) is 13.3 Å². The summed E-state index contributed by atoms with van der Waals surface area (Å²) in [5.74, 6) is -0.149. The second kappa shape index (κ2) is 6.24. The summed E-state index contributed by atoms with van der Waals surface area (Å²) in [7, 11) is 1.51. The zero-order valence-corrected chi connectivity index (χ0v) is 10.5. The van der Waals surface area contributed by atoms with Crippen LogP contribution >= 0.6 is 11.6 Å². The molecular weight excluding hydrogens is 244 g/mol. The molecule has 1 aromatic heterocycles. The quantitative estimate of drug-likeness (QED) is 0.800. The molecule has 0 aliphatic heterocycles. The Labute approximate surface area is 104 Å². The SMILES string of the molecule is CCCNC(=O)CNc1cnn(C)c(=O)c1Cl. The number of halogens is 1. The van der Waals surface area contributed by atoms with Crippen LogP contribution in [0.25, 0.3) is 0 Å². The highest BCUT2D eigenvalue weighted by Crippen LogP contribution is 2.13. The second-order valence-corrected chi connectivity index (χ2v) is 3.88. The summed E-state index contributed by atoms with van der Waals surface area (Å²) in [4.78, 5) is 22.8. The average Bonchev–Trinajstić information content (AvgIpc) is 2.32. The molecule has 1 heterocycles. The van der Waals surface area contributed by atoms with E-state index in [1.165, 1.54) is 13.2 Å². The molecule has 0 radical (unpaired) electrons. The molecule has 0 aliphatic rings. The zero-order valence-electron chi connectivity index (χ0n) is 9.79. The second-order valence-electron chi connectivity index (χ2n) is 3.50. The van der Waals surface area contributed by atoms with Crippen molar-refractivity contribution in [1.29, 1.82) is 0 Å². The van der Waals surface area contributed by atoms with Crippen LogP contribution < -0.4 is 16.2 Å². The molecule has 0 atom stereocenters. The molecule has 0 bridgehead atoms. The van der Waals surface area contributed by atoms with Gasteiger partial charge in [-0.2, -0.15) is 5.10 Å². The van der Waals surface area contributed by atoms with E-state index in [1.54, 1.807) is 0 Å². The fourth-order valence-electron chi connectivity index (χ4n) is 1.14. The molecule has 6 nitrogen and oxygen atoms in total. The van der Waals surface area contributed by atoms with Crippen LogP contribution in [0.1, 0.15) is 13.3 Å². The molecule has 0 aromatic carbocycles. The van der Waals surface area contributed by atoms with Gasteiger partial charge in [-0.3, -0.25) is 9.59 Å². The van der Waals surface area contributed by atoms with Gasteiger partial charge >= 0.3 is 0 Å². The van der Waals surface area contributed by atoms with Gasteiger partial charge in [-0.15, -0.1) is 0 Å². The molecule has 17 heavy (non-hydrogen) atoms. The van der Waals surface area contributed by atoms with E-state index in [0.29, 0.717) is 12.2 Å². The number of nitrogens with zero attached hydrogens (tertiary/aromatic N) is 2. The topological polar surface area (TPSA) is 76.0 Å². The highest BCUT2D eigenvalue weighted by atomic mass is 35.5. The van der Waals surface area contributed by atoms with Crippen LogP contribution in [0.3, 0.4) is 0 Å². The fraction of sp³-hybridized carbons (Fsp3) is 0.500.